The number of aryl methyl sites for hydroxylation is 2. The van der Waals surface area contributed by atoms with Crippen LogP contribution in [-0.2, 0) is 12.7 Å². The summed E-state index contributed by atoms with van der Waals surface area (Å²) in [7, 11) is 0. The lowest BCUT2D eigenvalue weighted by atomic mass is 10.1. The molecule has 6 nitrogen and oxygen atoms in total. The monoisotopic (exact) mass is 440 g/mol. The van der Waals surface area contributed by atoms with Crippen LogP contribution in [0.1, 0.15) is 41.6 Å². The van der Waals surface area contributed by atoms with Crippen molar-refractivity contribution in [3.05, 3.63) is 83.5 Å². The van der Waals surface area contributed by atoms with Crippen molar-refractivity contribution in [3.8, 4) is 11.3 Å². The molecule has 9 heteroatoms. The van der Waals surface area contributed by atoms with Gasteiger partial charge in [-0.2, -0.15) is 13.2 Å². The molecule has 3 heterocycles. The molecular weight excluding hydrogens is 417 g/mol. The first-order chi connectivity index (χ1) is 15.3. The number of rotatable bonds is 6. The summed E-state index contributed by atoms with van der Waals surface area (Å²) in [6, 6.07) is 5.84. The second-order valence-corrected chi connectivity index (χ2v) is 7.11. The van der Waals surface area contributed by atoms with Crippen molar-refractivity contribution in [1.29, 1.82) is 0 Å². The van der Waals surface area contributed by atoms with Crippen LogP contribution in [0.3, 0.4) is 0 Å². The molecule has 0 spiro atoms. The van der Waals surface area contributed by atoms with E-state index in [-0.39, 0.29) is 6.54 Å². The van der Waals surface area contributed by atoms with E-state index in [2.05, 4.69) is 30.2 Å². The average molecular weight is 440 g/mol. The van der Waals surface area contributed by atoms with Gasteiger partial charge in [-0.15, -0.1) is 0 Å². The van der Waals surface area contributed by atoms with Gasteiger partial charge in [0.15, 0.2) is 0 Å². The molecule has 0 bridgehead atoms. The van der Waals surface area contributed by atoms with Crippen LogP contribution in [0.2, 0.25) is 0 Å². The number of nitrogens with zero attached hydrogens (tertiary/aromatic N) is 5. The minimum Gasteiger partial charge on any atom is -0.347 e. The van der Waals surface area contributed by atoms with E-state index in [0.717, 1.165) is 46.9 Å². The first-order valence-corrected chi connectivity index (χ1v) is 10.0. The molecule has 0 fully saturated rings. The standard InChI is InChI=1S/C23H23F3N6/c1-4-5-8-27-21(30-11-17-12-31-22(32-13-17)23(24,25)26)19-9-18(14-28-16(19)3)20-7-6-15(2)10-29-20/h5-10,12-14H,4,11H2,1-3H3,(H,27,30)/b8-5+. The molecule has 0 aliphatic heterocycles. The average Bonchev–Trinajstić information content (AvgIpc) is 2.77. The van der Waals surface area contributed by atoms with Crippen LogP contribution in [0.15, 0.2) is 60.3 Å². The van der Waals surface area contributed by atoms with Gasteiger partial charge in [0.1, 0.15) is 5.84 Å². The summed E-state index contributed by atoms with van der Waals surface area (Å²) in [6.07, 6.45) is 5.77. The zero-order chi connectivity index (χ0) is 23.1. The quantitative estimate of drug-likeness (QED) is 0.430. The lowest BCUT2D eigenvalue weighted by Crippen LogP contribution is -2.21. The SMILES string of the molecule is CC/C=C/NC(=NCc1cnc(C(F)(F)F)nc1)c1cc(-c2ccc(C)cn2)cnc1C. The molecule has 3 aromatic rings. The van der Waals surface area contributed by atoms with Gasteiger partial charge in [-0.3, -0.25) is 15.0 Å². The van der Waals surface area contributed by atoms with Crippen molar-refractivity contribution in [3.63, 3.8) is 0 Å². The van der Waals surface area contributed by atoms with Crippen molar-refractivity contribution in [2.24, 2.45) is 4.99 Å². The minimum absolute atomic E-state index is 0.104. The molecule has 1 N–H and O–H groups in total. The van der Waals surface area contributed by atoms with Gasteiger partial charge in [0.2, 0.25) is 5.82 Å². The number of halogens is 3. The topological polar surface area (TPSA) is 76.0 Å². The maximum atomic E-state index is 12.7. The number of aliphatic imine (C=N–C) groups is 1. The third kappa shape index (κ3) is 5.96. The van der Waals surface area contributed by atoms with Gasteiger partial charge in [-0.05, 0) is 44.2 Å². The Balaban J connectivity index is 1.93. The number of hydrogen-bond acceptors (Lipinski definition) is 5. The molecule has 3 rings (SSSR count). The molecule has 0 atom stereocenters. The fourth-order valence-corrected chi connectivity index (χ4v) is 2.77. The first kappa shape index (κ1) is 23.1. The largest absolute Gasteiger partial charge is 0.451 e. The summed E-state index contributed by atoms with van der Waals surface area (Å²) in [5.74, 6) is -0.638. The normalized spacial score (nSPS) is 12.4. The van der Waals surface area contributed by atoms with E-state index in [4.69, 9.17) is 0 Å². The molecule has 0 amide bonds. The van der Waals surface area contributed by atoms with Crippen LogP contribution in [0.4, 0.5) is 13.2 Å². The summed E-state index contributed by atoms with van der Waals surface area (Å²) in [5, 5.41) is 3.16. The van der Waals surface area contributed by atoms with E-state index in [1.165, 1.54) is 0 Å². The zero-order valence-electron chi connectivity index (χ0n) is 18.0. The van der Waals surface area contributed by atoms with E-state index >= 15 is 0 Å². The summed E-state index contributed by atoms with van der Waals surface area (Å²) in [4.78, 5) is 20.3. The second kappa shape index (κ2) is 10.1. The van der Waals surface area contributed by atoms with Gasteiger partial charge >= 0.3 is 6.18 Å². The lowest BCUT2D eigenvalue weighted by Gasteiger charge is -2.12. The van der Waals surface area contributed by atoms with Gasteiger partial charge in [-0.25, -0.2) is 9.97 Å². The number of aromatic nitrogens is 4. The molecule has 0 radical (unpaired) electrons. The number of hydrogen-bond donors (Lipinski definition) is 1. The number of alkyl halides is 3. The zero-order valence-corrected chi connectivity index (χ0v) is 18.0. The number of nitrogens with one attached hydrogen (secondary N) is 1. The highest BCUT2D eigenvalue weighted by Crippen LogP contribution is 2.25. The molecule has 3 aromatic heterocycles. The van der Waals surface area contributed by atoms with Gasteiger partial charge in [-0.1, -0.05) is 19.1 Å². The van der Waals surface area contributed by atoms with E-state index in [1.807, 2.05) is 45.0 Å². The van der Waals surface area contributed by atoms with Crippen LogP contribution in [0.25, 0.3) is 11.3 Å². The molecule has 0 aliphatic carbocycles. The van der Waals surface area contributed by atoms with Crippen LogP contribution in [0.5, 0.6) is 0 Å². The van der Waals surface area contributed by atoms with Crippen LogP contribution >= 0.6 is 0 Å². The minimum atomic E-state index is -4.58. The number of amidine groups is 1. The van der Waals surface area contributed by atoms with Crippen molar-refractivity contribution in [2.45, 2.75) is 39.9 Å². The van der Waals surface area contributed by atoms with Crippen LogP contribution in [0, 0.1) is 13.8 Å². The van der Waals surface area contributed by atoms with Crippen molar-refractivity contribution >= 4 is 5.84 Å². The Morgan fingerprint density at radius 3 is 2.41 bits per heavy atom. The fraction of sp³-hybridized carbons (Fsp3) is 0.261. The second-order valence-electron chi connectivity index (χ2n) is 7.11. The number of allylic oxidation sites excluding steroid dienone is 1. The predicted molar refractivity (Wildman–Crippen MR) is 117 cm³/mol. The summed E-state index contributed by atoms with van der Waals surface area (Å²) in [6.45, 7) is 5.94. The van der Waals surface area contributed by atoms with Crippen molar-refractivity contribution in [1.82, 2.24) is 25.3 Å². The Morgan fingerprint density at radius 2 is 1.78 bits per heavy atom. The lowest BCUT2D eigenvalue weighted by molar-refractivity contribution is -0.145. The van der Waals surface area contributed by atoms with E-state index in [1.54, 1.807) is 18.6 Å². The molecule has 0 saturated carbocycles. The third-order valence-electron chi connectivity index (χ3n) is 4.50. The Morgan fingerprint density at radius 1 is 1.03 bits per heavy atom. The van der Waals surface area contributed by atoms with Gasteiger partial charge in [0, 0.05) is 47.2 Å². The van der Waals surface area contributed by atoms with Crippen LogP contribution in [-0.4, -0.2) is 25.8 Å². The Bertz CT molecular complexity index is 1100. The summed E-state index contributed by atoms with van der Waals surface area (Å²) >= 11 is 0. The molecule has 0 aliphatic rings. The van der Waals surface area contributed by atoms with Gasteiger partial charge in [0.05, 0.1) is 12.2 Å². The number of pyridine rings is 2. The fourth-order valence-electron chi connectivity index (χ4n) is 2.77. The van der Waals surface area contributed by atoms with Gasteiger partial charge in [0.25, 0.3) is 0 Å². The highest BCUT2D eigenvalue weighted by molar-refractivity contribution is 6.01. The first-order valence-electron chi connectivity index (χ1n) is 10.0. The van der Waals surface area contributed by atoms with Crippen molar-refractivity contribution < 1.29 is 13.2 Å². The Kier molecular flexibility index (Phi) is 7.29. The third-order valence-corrected chi connectivity index (χ3v) is 4.50. The smallest absolute Gasteiger partial charge is 0.347 e. The Hall–Kier alpha value is -3.62. The predicted octanol–water partition coefficient (Wildman–Crippen LogP) is 5.03. The van der Waals surface area contributed by atoms with E-state index in [9.17, 15) is 13.2 Å². The molecule has 32 heavy (non-hydrogen) atoms. The van der Waals surface area contributed by atoms with Gasteiger partial charge < -0.3 is 5.32 Å². The summed E-state index contributed by atoms with van der Waals surface area (Å²) < 4.78 is 38.1. The van der Waals surface area contributed by atoms with Crippen LogP contribution < -0.4 is 5.32 Å². The molecule has 0 aromatic carbocycles. The molecular formula is C23H23F3N6. The Labute approximate surface area is 184 Å². The maximum absolute atomic E-state index is 12.7. The maximum Gasteiger partial charge on any atom is 0.451 e. The summed E-state index contributed by atoms with van der Waals surface area (Å²) in [5.41, 5.74) is 4.64. The van der Waals surface area contributed by atoms with E-state index in [0.29, 0.717) is 11.4 Å². The molecule has 0 saturated heterocycles. The van der Waals surface area contributed by atoms with Crippen molar-refractivity contribution in [2.75, 3.05) is 0 Å². The van der Waals surface area contributed by atoms with E-state index < -0.39 is 12.0 Å². The molecule has 166 valence electrons. The highest BCUT2D eigenvalue weighted by atomic mass is 19.4. The highest BCUT2D eigenvalue weighted by Gasteiger charge is 2.34. The molecule has 0 unspecified atom stereocenters.